The van der Waals surface area contributed by atoms with E-state index in [0.717, 1.165) is 32.4 Å². The van der Waals surface area contributed by atoms with Gasteiger partial charge in [0.05, 0.1) is 5.56 Å². The highest BCUT2D eigenvalue weighted by Crippen LogP contribution is 2.39. The molecular weight excluding hydrogens is 316 g/mol. The number of Topliss-reactive ketones (excluding diaryl/α,β-unsaturated/α-hetero) is 1. The first-order valence-corrected chi connectivity index (χ1v) is 9.22. The number of fused-ring (bicyclic) bond motifs is 1. The molecule has 0 bridgehead atoms. The number of hydrogen-bond donors (Lipinski definition) is 1. The van der Waals surface area contributed by atoms with E-state index in [1.807, 2.05) is 44.4 Å². The van der Waals surface area contributed by atoms with Crippen LogP contribution in [0, 0.1) is 6.92 Å². The maximum Gasteiger partial charge on any atom is 0.166 e. The van der Waals surface area contributed by atoms with Gasteiger partial charge in [0.25, 0.3) is 0 Å². The quantitative estimate of drug-likeness (QED) is 0.481. The Bertz CT molecular complexity index is 929. The van der Waals surface area contributed by atoms with Gasteiger partial charge < -0.3 is 5.11 Å². The highest BCUT2D eigenvalue weighted by atomic mass is 32.2. The van der Waals surface area contributed by atoms with E-state index in [2.05, 4.69) is 24.3 Å². The summed E-state index contributed by atoms with van der Waals surface area (Å²) in [5.41, 5.74) is 2.96. The Balaban J connectivity index is 2.31. The van der Waals surface area contributed by atoms with Crippen molar-refractivity contribution in [2.75, 3.05) is 6.26 Å². The number of hydrogen-bond acceptors (Lipinski definition) is 3. The number of benzene rings is 3. The Labute approximate surface area is 146 Å². The minimum atomic E-state index is -0.0357. The molecule has 3 heteroatoms. The van der Waals surface area contributed by atoms with Crippen molar-refractivity contribution in [3.8, 4) is 16.9 Å². The minimum Gasteiger partial charge on any atom is -0.507 e. The zero-order valence-corrected chi connectivity index (χ0v) is 14.9. The van der Waals surface area contributed by atoms with E-state index in [-0.39, 0.29) is 11.5 Å². The second-order valence-electron chi connectivity index (χ2n) is 5.81. The van der Waals surface area contributed by atoms with Gasteiger partial charge in [0.15, 0.2) is 5.78 Å². The maximum absolute atomic E-state index is 12.5. The Hall–Kier alpha value is -2.26. The lowest BCUT2D eigenvalue weighted by Gasteiger charge is -2.16. The molecule has 122 valence electrons. The Morgan fingerprint density at radius 1 is 1.08 bits per heavy atom. The molecule has 0 radical (unpaired) electrons. The van der Waals surface area contributed by atoms with Crippen LogP contribution in [0.1, 0.15) is 29.3 Å². The van der Waals surface area contributed by atoms with Crippen LogP contribution >= 0.6 is 11.8 Å². The summed E-state index contributed by atoms with van der Waals surface area (Å²) in [4.78, 5) is 13.5. The SMILES string of the molecule is CCC(=O)c1c(-c2ccc3ccccc3c2)cc(SC)c(C)c1O. The fourth-order valence-electron chi connectivity index (χ4n) is 3.00. The fraction of sp³-hybridized carbons (Fsp3) is 0.190. The normalized spacial score (nSPS) is 11.0. The number of carbonyl (C=O) groups is 1. The fourth-order valence-corrected chi connectivity index (χ4v) is 3.64. The second kappa shape index (κ2) is 6.70. The zero-order valence-electron chi connectivity index (χ0n) is 14.1. The molecule has 0 aliphatic carbocycles. The van der Waals surface area contributed by atoms with Crippen LogP contribution in [-0.4, -0.2) is 17.1 Å². The van der Waals surface area contributed by atoms with Crippen molar-refractivity contribution in [1.29, 1.82) is 0 Å². The number of carbonyl (C=O) groups excluding carboxylic acids is 1. The number of phenols is 1. The Kier molecular flexibility index (Phi) is 4.63. The number of phenolic OH excluding ortho intramolecular Hbond substituents is 1. The highest BCUT2D eigenvalue weighted by Gasteiger charge is 2.20. The van der Waals surface area contributed by atoms with Gasteiger partial charge in [-0.2, -0.15) is 0 Å². The average Bonchev–Trinajstić information content (AvgIpc) is 2.62. The standard InChI is InChI=1S/C21H20O2S/c1-4-18(22)20-17(12-19(24-3)13(2)21(20)23)16-10-9-14-7-5-6-8-15(14)11-16/h5-12,23H,4H2,1-3H3. The average molecular weight is 336 g/mol. The number of rotatable bonds is 4. The lowest BCUT2D eigenvalue weighted by atomic mass is 9.92. The van der Waals surface area contributed by atoms with Crippen molar-refractivity contribution in [2.24, 2.45) is 0 Å². The summed E-state index contributed by atoms with van der Waals surface area (Å²) in [5, 5.41) is 12.9. The smallest absolute Gasteiger partial charge is 0.166 e. The van der Waals surface area contributed by atoms with Gasteiger partial charge in [0.2, 0.25) is 0 Å². The summed E-state index contributed by atoms with van der Waals surface area (Å²) < 4.78 is 0. The molecule has 3 rings (SSSR count). The van der Waals surface area contributed by atoms with E-state index in [1.54, 1.807) is 11.8 Å². The molecule has 0 heterocycles. The van der Waals surface area contributed by atoms with Crippen molar-refractivity contribution in [1.82, 2.24) is 0 Å². The number of thioether (sulfide) groups is 1. The first kappa shape index (κ1) is 16.6. The van der Waals surface area contributed by atoms with Crippen LogP contribution in [-0.2, 0) is 0 Å². The van der Waals surface area contributed by atoms with Gasteiger partial charge >= 0.3 is 0 Å². The second-order valence-corrected chi connectivity index (χ2v) is 6.66. The third-order valence-electron chi connectivity index (χ3n) is 4.39. The molecule has 0 spiro atoms. The van der Waals surface area contributed by atoms with Gasteiger partial charge in [-0.15, -0.1) is 11.8 Å². The lowest BCUT2D eigenvalue weighted by Crippen LogP contribution is -2.03. The van der Waals surface area contributed by atoms with E-state index in [4.69, 9.17) is 0 Å². The number of aromatic hydroxyl groups is 1. The van der Waals surface area contributed by atoms with Crippen LogP contribution < -0.4 is 0 Å². The molecule has 2 nitrogen and oxygen atoms in total. The monoisotopic (exact) mass is 336 g/mol. The van der Waals surface area contributed by atoms with Crippen molar-refractivity contribution >= 4 is 28.3 Å². The van der Waals surface area contributed by atoms with Crippen molar-refractivity contribution in [2.45, 2.75) is 25.2 Å². The molecule has 0 unspecified atom stereocenters. The van der Waals surface area contributed by atoms with Crippen LogP contribution in [0.4, 0.5) is 0 Å². The largest absolute Gasteiger partial charge is 0.507 e. The third kappa shape index (κ3) is 2.80. The highest BCUT2D eigenvalue weighted by molar-refractivity contribution is 7.98. The van der Waals surface area contributed by atoms with E-state index < -0.39 is 0 Å². The maximum atomic E-state index is 12.5. The number of ketones is 1. The topological polar surface area (TPSA) is 37.3 Å². The summed E-state index contributed by atoms with van der Waals surface area (Å²) in [5.74, 6) is 0.0725. The van der Waals surface area contributed by atoms with Gasteiger partial charge in [0, 0.05) is 16.9 Å². The Morgan fingerprint density at radius 3 is 2.46 bits per heavy atom. The van der Waals surface area contributed by atoms with Crippen LogP contribution in [0.5, 0.6) is 5.75 Å². The van der Waals surface area contributed by atoms with E-state index in [0.29, 0.717) is 12.0 Å². The molecule has 24 heavy (non-hydrogen) atoms. The first-order valence-electron chi connectivity index (χ1n) is 7.99. The third-order valence-corrected chi connectivity index (χ3v) is 5.25. The molecule has 0 fully saturated rings. The molecule has 0 saturated heterocycles. The van der Waals surface area contributed by atoms with Gasteiger partial charge in [-0.3, -0.25) is 4.79 Å². The summed E-state index contributed by atoms with van der Waals surface area (Å²) in [6, 6.07) is 16.3. The van der Waals surface area contributed by atoms with Crippen LogP contribution in [0.15, 0.2) is 53.4 Å². The van der Waals surface area contributed by atoms with Crippen LogP contribution in [0.25, 0.3) is 21.9 Å². The van der Waals surface area contributed by atoms with Crippen LogP contribution in [0.3, 0.4) is 0 Å². The van der Waals surface area contributed by atoms with Gasteiger partial charge in [-0.05, 0) is 47.2 Å². The molecule has 3 aromatic rings. The van der Waals surface area contributed by atoms with Crippen molar-refractivity contribution in [3.05, 3.63) is 59.7 Å². The van der Waals surface area contributed by atoms with Gasteiger partial charge in [-0.25, -0.2) is 0 Å². The molecular formula is C21H20O2S. The molecule has 0 amide bonds. The Morgan fingerprint density at radius 2 is 1.79 bits per heavy atom. The summed E-state index contributed by atoms with van der Waals surface area (Å²) in [6.07, 6.45) is 2.35. The van der Waals surface area contributed by atoms with Crippen LogP contribution in [0.2, 0.25) is 0 Å². The van der Waals surface area contributed by atoms with E-state index in [1.165, 1.54) is 0 Å². The summed E-state index contributed by atoms with van der Waals surface area (Å²) in [7, 11) is 0. The molecule has 1 N–H and O–H groups in total. The van der Waals surface area contributed by atoms with Crippen molar-refractivity contribution < 1.29 is 9.90 Å². The van der Waals surface area contributed by atoms with E-state index >= 15 is 0 Å². The lowest BCUT2D eigenvalue weighted by molar-refractivity contribution is 0.0986. The molecule has 0 aliphatic rings. The zero-order chi connectivity index (χ0) is 17.3. The van der Waals surface area contributed by atoms with E-state index in [9.17, 15) is 9.90 Å². The minimum absolute atomic E-state index is 0.0357. The predicted octanol–water partition coefficient (Wildman–Crippen LogP) is 5.84. The molecule has 0 atom stereocenters. The van der Waals surface area contributed by atoms with Gasteiger partial charge in [-0.1, -0.05) is 43.3 Å². The molecule has 0 saturated carbocycles. The summed E-state index contributed by atoms with van der Waals surface area (Å²) in [6.45, 7) is 3.68. The molecule has 0 aliphatic heterocycles. The summed E-state index contributed by atoms with van der Waals surface area (Å²) >= 11 is 1.58. The van der Waals surface area contributed by atoms with Crippen molar-refractivity contribution in [3.63, 3.8) is 0 Å². The molecule has 3 aromatic carbocycles. The van der Waals surface area contributed by atoms with Gasteiger partial charge in [0.1, 0.15) is 5.75 Å². The first-order chi connectivity index (χ1) is 11.6. The molecule has 0 aromatic heterocycles. The predicted molar refractivity (Wildman–Crippen MR) is 102 cm³/mol.